The van der Waals surface area contributed by atoms with Gasteiger partial charge in [0.25, 0.3) is 0 Å². The van der Waals surface area contributed by atoms with Crippen molar-refractivity contribution in [1.29, 1.82) is 0 Å². The Hall–Kier alpha value is -2.24. The summed E-state index contributed by atoms with van der Waals surface area (Å²) < 4.78 is 0. The number of piperazine rings is 1. The van der Waals surface area contributed by atoms with Gasteiger partial charge in [0.2, 0.25) is 0 Å². The van der Waals surface area contributed by atoms with Crippen LogP contribution in [0.1, 0.15) is 30.1 Å². The van der Waals surface area contributed by atoms with Crippen molar-refractivity contribution >= 4 is 11.6 Å². The minimum Gasteiger partial charge on any atom is -0.353 e. The first-order valence-corrected chi connectivity index (χ1v) is 7.92. The van der Waals surface area contributed by atoms with E-state index >= 15 is 0 Å². The molecule has 0 bridgehead atoms. The fourth-order valence-corrected chi connectivity index (χ4v) is 2.88. The topological polar surface area (TPSA) is 58.0 Å². The lowest BCUT2D eigenvalue weighted by Gasteiger charge is -2.35. The van der Waals surface area contributed by atoms with Crippen molar-refractivity contribution in [3.8, 4) is 0 Å². The molecule has 1 saturated carbocycles. The Morgan fingerprint density at radius 2 is 1.64 bits per heavy atom. The van der Waals surface area contributed by atoms with E-state index in [9.17, 15) is 0 Å². The van der Waals surface area contributed by atoms with Crippen molar-refractivity contribution in [2.45, 2.75) is 25.7 Å². The SMILES string of the molecule is Cc1cc(N2CCN(c3ccc(C4CC4)nn3)CC2)ncn1. The number of anilines is 2. The van der Waals surface area contributed by atoms with Gasteiger partial charge in [0.1, 0.15) is 12.1 Å². The van der Waals surface area contributed by atoms with E-state index in [0.29, 0.717) is 5.92 Å². The highest BCUT2D eigenvalue weighted by Crippen LogP contribution is 2.38. The van der Waals surface area contributed by atoms with Gasteiger partial charge in [-0.15, -0.1) is 5.10 Å². The van der Waals surface area contributed by atoms with Crippen LogP contribution in [0.2, 0.25) is 0 Å². The Bertz CT molecular complexity index is 644. The average Bonchev–Trinajstić information content (AvgIpc) is 3.40. The fraction of sp³-hybridized carbons (Fsp3) is 0.500. The van der Waals surface area contributed by atoms with Crippen LogP contribution in [0, 0.1) is 6.92 Å². The van der Waals surface area contributed by atoms with E-state index in [-0.39, 0.29) is 0 Å². The average molecular weight is 296 g/mol. The van der Waals surface area contributed by atoms with Crippen LogP contribution in [0.15, 0.2) is 24.5 Å². The van der Waals surface area contributed by atoms with Crippen LogP contribution in [0.4, 0.5) is 11.6 Å². The zero-order valence-corrected chi connectivity index (χ0v) is 12.8. The predicted molar refractivity (Wildman–Crippen MR) is 85.2 cm³/mol. The molecule has 1 aliphatic carbocycles. The molecule has 0 amide bonds. The van der Waals surface area contributed by atoms with Gasteiger partial charge in [-0.05, 0) is 31.9 Å². The molecule has 1 saturated heterocycles. The first kappa shape index (κ1) is 13.4. The Morgan fingerprint density at radius 3 is 2.23 bits per heavy atom. The number of aryl methyl sites for hydroxylation is 1. The quantitative estimate of drug-likeness (QED) is 0.860. The summed E-state index contributed by atoms with van der Waals surface area (Å²) >= 11 is 0. The number of hydrogen-bond acceptors (Lipinski definition) is 6. The maximum atomic E-state index is 4.41. The molecule has 0 spiro atoms. The van der Waals surface area contributed by atoms with Crippen molar-refractivity contribution in [3.05, 3.63) is 35.9 Å². The van der Waals surface area contributed by atoms with Gasteiger partial charge in [-0.1, -0.05) is 0 Å². The van der Waals surface area contributed by atoms with Crippen LogP contribution in [0.25, 0.3) is 0 Å². The summed E-state index contributed by atoms with van der Waals surface area (Å²) in [5.41, 5.74) is 2.16. The van der Waals surface area contributed by atoms with Crippen molar-refractivity contribution < 1.29 is 0 Å². The molecule has 3 heterocycles. The fourth-order valence-electron chi connectivity index (χ4n) is 2.88. The molecule has 0 atom stereocenters. The molecule has 2 aliphatic rings. The van der Waals surface area contributed by atoms with Crippen molar-refractivity contribution in [3.63, 3.8) is 0 Å². The van der Waals surface area contributed by atoms with Crippen LogP contribution >= 0.6 is 0 Å². The summed E-state index contributed by atoms with van der Waals surface area (Å²) in [7, 11) is 0. The summed E-state index contributed by atoms with van der Waals surface area (Å²) in [6.45, 7) is 5.78. The summed E-state index contributed by atoms with van der Waals surface area (Å²) in [5, 5.41) is 8.79. The molecule has 4 rings (SSSR count). The van der Waals surface area contributed by atoms with E-state index in [1.165, 1.54) is 12.8 Å². The van der Waals surface area contributed by atoms with E-state index < -0.39 is 0 Å². The summed E-state index contributed by atoms with van der Waals surface area (Å²) in [5.74, 6) is 2.67. The van der Waals surface area contributed by atoms with Gasteiger partial charge in [-0.2, -0.15) is 5.10 Å². The van der Waals surface area contributed by atoms with Crippen LogP contribution in [0.5, 0.6) is 0 Å². The van der Waals surface area contributed by atoms with E-state index in [1.807, 2.05) is 13.0 Å². The summed E-state index contributed by atoms with van der Waals surface area (Å²) in [4.78, 5) is 13.1. The Kier molecular flexibility index (Phi) is 3.36. The molecule has 114 valence electrons. The Labute approximate surface area is 130 Å². The minimum absolute atomic E-state index is 0.666. The highest BCUT2D eigenvalue weighted by molar-refractivity contribution is 5.44. The van der Waals surface area contributed by atoms with Gasteiger partial charge in [-0.3, -0.25) is 0 Å². The van der Waals surface area contributed by atoms with Crippen molar-refractivity contribution in [2.75, 3.05) is 36.0 Å². The molecular weight excluding hydrogens is 276 g/mol. The third-order valence-electron chi connectivity index (χ3n) is 4.38. The monoisotopic (exact) mass is 296 g/mol. The molecule has 22 heavy (non-hydrogen) atoms. The van der Waals surface area contributed by atoms with Gasteiger partial charge < -0.3 is 9.80 Å². The normalized spacial score (nSPS) is 18.6. The van der Waals surface area contributed by atoms with Gasteiger partial charge >= 0.3 is 0 Å². The highest BCUT2D eigenvalue weighted by Gasteiger charge is 2.26. The van der Waals surface area contributed by atoms with Crippen LogP contribution in [0.3, 0.4) is 0 Å². The van der Waals surface area contributed by atoms with E-state index in [0.717, 1.165) is 49.2 Å². The van der Waals surface area contributed by atoms with Crippen LogP contribution in [-0.4, -0.2) is 46.3 Å². The second-order valence-corrected chi connectivity index (χ2v) is 6.08. The molecule has 0 unspecified atom stereocenters. The Balaban J connectivity index is 1.40. The number of aromatic nitrogens is 4. The van der Waals surface area contributed by atoms with Crippen LogP contribution in [-0.2, 0) is 0 Å². The van der Waals surface area contributed by atoms with Gasteiger partial charge in [0, 0.05) is 43.9 Å². The smallest absolute Gasteiger partial charge is 0.151 e. The third kappa shape index (κ3) is 2.73. The molecule has 6 nitrogen and oxygen atoms in total. The lowest BCUT2D eigenvalue weighted by Crippen LogP contribution is -2.47. The standard InChI is InChI=1S/C16H20N6/c1-12-10-16(18-11-17-12)22-8-6-21(7-9-22)15-5-4-14(19-20-15)13-2-3-13/h4-5,10-11,13H,2-3,6-9H2,1H3. The number of nitrogens with zero attached hydrogens (tertiary/aromatic N) is 6. The lowest BCUT2D eigenvalue weighted by molar-refractivity contribution is 0.636. The lowest BCUT2D eigenvalue weighted by atomic mass is 10.2. The first-order valence-electron chi connectivity index (χ1n) is 7.92. The largest absolute Gasteiger partial charge is 0.353 e. The molecule has 6 heteroatoms. The van der Waals surface area contributed by atoms with E-state index in [1.54, 1.807) is 6.33 Å². The zero-order valence-electron chi connectivity index (χ0n) is 12.8. The van der Waals surface area contributed by atoms with Crippen molar-refractivity contribution in [2.24, 2.45) is 0 Å². The molecule has 2 aromatic heterocycles. The van der Waals surface area contributed by atoms with Gasteiger partial charge in [-0.25, -0.2) is 9.97 Å². The molecule has 2 fully saturated rings. The molecular formula is C16H20N6. The summed E-state index contributed by atoms with van der Waals surface area (Å²) in [6, 6.07) is 6.30. The third-order valence-corrected chi connectivity index (χ3v) is 4.38. The maximum absolute atomic E-state index is 4.41. The van der Waals surface area contributed by atoms with Gasteiger partial charge in [0.15, 0.2) is 5.82 Å². The molecule has 1 aliphatic heterocycles. The molecule has 2 aromatic rings. The van der Waals surface area contributed by atoms with E-state index in [4.69, 9.17) is 0 Å². The van der Waals surface area contributed by atoms with E-state index in [2.05, 4.69) is 42.1 Å². The second-order valence-electron chi connectivity index (χ2n) is 6.08. The van der Waals surface area contributed by atoms with Crippen molar-refractivity contribution in [1.82, 2.24) is 20.2 Å². The zero-order chi connectivity index (χ0) is 14.9. The highest BCUT2D eigenvalue weighted by atomic mass is 15.3. The molecule has 0 N–H and O–H groups in total. The molecule has 0 aromatic carbocycles. The Morgan fingerprint density at radius 1 is 0.909 bits per heavy atom. The minimum atomic E-state index is 0.666. The number of rotatable bonds is 3. The van der Waals surface area contributed by atoms with Gasteiger partial charge in [0.05, 0.1) is 5.69 Å². The van der Waals surface area contributed by atoms with Crippen LogP contribution < -0.4 is 9.80 Å². The maximum Gasteiger partial charge on any atom is 0.151 e. The molecule has 0 radical (unpaired) electrons. The number of hydrogen-bond donors (Lipinski definition) is 0. The predicted octanol–water partition coefficient (Wildman–Crippen LogP) is 1.78. The second kappa shape index (κ2) is 5.51. The first-order chi connectivity index (χ1) is 10.8. The summed E-state index contributed by atoms with van der Waals surface area (Å²) in [6.07, 6.45) is 4.18.